The summed E-state index contributed by atoms with van der Waals surface area (Å²) >= 11 is 4.76. The molecule has 0 fully saturated rings. The van der Waals surface area contributed by atoms with Crippen molar-refractivity contribution in [2.45, 2.75) is 6.92 Å². The lowest BCUT2D eigenvalue weighted by Crippen LogP contribution is -2.10. The summed E-state index contributed by atoms with van der Waals surface area (Å²) in [7, 11) is 0. The lowest BCUT2D eigenvalue weighted by atomic mass is 10.1. The lowest BCUT2D eigenvalue weighted by Gasteiger charge is -2.02. The molecule has 3 aromatic heterocycles. The predicted molar refractivity (Wildman–Crippen MR) is 93.1 cm³/mol. The fourth-order valence-corrected chi connectivity index (χ4v) is 4.25. The minimum Gasteiger partial charge on any atom is -0.481 e. The standard InChI is InChI=1S/C12H9N3S3.C2H4O2/c13-11(14)10-9(12-15-3-5-17-12)7(6-18-10)8-2-1-4-16-8;1-2(3)4/h1-6H,(H3,13,14);1H3,(H,3,4). The van der Waals surface area contributed by atoms with E-state index in [1.165, 1.54) is 16.2 Å². The molecule has 4 N–H and O–H groups in total. The van der Waals surface area contributed by atoms with Crippen LogP contribution >= 0.6 is 34.0 Å². The van der Waals surface area contributed by atoms with Crippen molar-refractivity contribution in [3.05, 3.63) is 39.3 Å². The number of nitrogens with two attached hydrogens (primary N) is 1. The number of thiophene rings is 2. The monoisotopic (exact) mass is 351 g/mol. The van der Waals surface area contributed by atoms with E-state index in [1.54, 1.807) is 28.9 Å². The van der Waals surface area contributed by atoms with Gasteiger partial charge in [0.1, 0.15) is 10.8 Å². The van der Waals surface area contributed by atoms with E-state index in [1.807, 2.05) is 16.8 Å². The van der Waals surface area contributed by atoms with Crippen LogP contribution in [-0.2, 0) is 4.79 Å². The summed E-state index contributed by atoms with van der Waals surface area (Å²) in [4.78, 5) is 15.3. The van der Waals surface area contributed by atoms with Gasteiger partial charge in [-0.2, -0.15) is 0 Å². The Hall–Kier alpha value is -2.03. The van der Waals surface area contributed by atoms with Crippen molar-refractivity contribution in [1.29, 1.82) is 5.41 Å². The summed E-state index contributed by atoms with van der Waals surface area (Å²) < 4.78 is 0. The van der Waals surface area contributed by atoms with Crippen LogP contribution in [0, 0.1) is 5.41 Å². The molecule has 22 heavy (non-hydrogen) atoms. The Balaban J connectivity index is 0.000000396. The number of aromatic nitrogens is 1. The average Bonchev–Trinajstić information content (AvgIpc) is 3.19. The van der Waals surface area contributed by atoms with Gasteiger partial charge in [-0.25, -0.2) is 4.98 Å². The zero-order valence-electron chi connectivity index (χ0n) is 11.6. The Morgan fingerprint density at radius 3 is 2.55 bits per heavy atom. The van der Waals surface area contributed by atoms with E-state index in [0.29, 0.717) is 0 Å². The number of carboxylic acids is 1. The summed E-state index contributed by atoms with van der Waals surface area (Å²) in [6, 6.07) is 4.10. The minimum atomic E-state index is -0.833. The van der Waals surface area contributed by atoms with Gasteiger partial charge in [-0.3, -0.25) is 10.2 Å². The van der Waals surface area contributed by atoms with Crippen LogP contribution < -0.4 is 5.73 Å². The van der Waals surface area contributed by atoms with Crippen LogP contribution in [0.5, 0.6) is 0 Å². The van der Waals surface area contributed by atoms with E-state index in [0.717, 1.165) is 27.9 Å². The van der Waals surface area contributed by atoms with Crippen molar-refractivity contribution in [3.8, 4) is 21.0 Å². The predicted octanol–water partition coefficient (Wildman–Crippen LogP) is 3.98. The van der Waals surface area contributed by atoms with Crippen LogP contribution in [0.15, 0.2) is 34.5 Å². The van der Waals surface area contributed by atoms with Crippen LogP contribution in [0.25, 0.3) is 21.0 Å². The van der Waals surface area contributed by atoms with Gasteiger partial charge >= 0.3 is 0 Å². The highest BCUT2D eigenvalue weighted by Crippen LogP contribution is 2.41. The number of hydrogen-bond donors (Lipinski definition) is 3. The number of nitrogens with one attached hydrogen (secondary N) is 1. The Bertz CT molecular complexity index is 757. The van der Waals surface area contributed by atoms with Crippen LogP contribution in [0.3, 0.4) is 0 Å². The molecule has 0 aromatic carbocycles. The topological polar surface area (TPSA) is 100 Å². The fraction of sp³-hybridized carbons (Fsp3) is 0.0714. The summed E-state index contributed by atoms with van der Waals surface area (Å²) in [5.74, 6) is -0.729. The molecule has 0 saturated heterocycles. The number of thiazole rings is 1. The van der Waals surface area contributed by atoms with E-state index >= 15 is 0 Å². The Kier molecular flexibility index (Phi) is 5.42. The van der Waals surface area contributed by atoms with Gasteiger partial charge in [0.2, 0.25) is 0 Å². The Morgan fingerprint density at radius 2 is 2.05 bits per heavy atom. The number of aliphatic carboxylic acids is 1. The van der Waals surface area contributed by atoms with Crippen LogP contribution in [0.2, 0.25) is 0 Å². The number of rotatable bonds is 3. The molecule has 0 saturated carbocycles. The number of hydrogen-bond acceptors (Lipinski definition) is 6. The largest absolute Gasteiger partial charge is 0.481 e. The molecule has 0 amide bonds. The van der Waals surface area contributed by atoms with Crippen LogP contribution in [0.1, 0.15) is 11.8 Å². The van der Waals surface area contributed by atoms with Crippen molar-refractivity contribution in [2.75, 3.05) is 0 Å². The summed E-state index contributed by atoms with van der Waals surface area (Å²) in [6.45, 7) is 1.08. The second-order valence-corrected chi connectivity index (χ2v) is 6.82. The van der Waals surface area contributed by atoms with Crippen LogP contribution in [0.4, 0.5) is 0 Å². The van der Waals surface area contributed by atoms with Gasteiger partial charge in [-0.05, 0) is 11.4 Å². The van der Waals surface area contributed by atoms with Gasteiger partial charge < -0.3 is 10.8 Å². The smallest absolute Gasteiger partial charge is 0.300 e. The lowest BCUT2D eigenvalue weighted by molar-refractivity contribution is -0.134. The second-order valence-electron chi connectivity index (χ2n) is 4.10. The molecule has 0 atom stereocenters. The van der Waals surface area contributed by atoms with Crippen molar-refractivity contribution in [1.82, 2.24) is 4.98 Å². The molecule has 0 unspecified atom stereocenters. The van der Waals surface area contributed by atoms with Gasteiger partial charge in [0.25, 0.3) is 5.97 Å². The molecule has 3 heterocycles. The number of nitrogens with zero attached hydrogens (tertiary/aromatic N) is 1. The molecule has 5 nitrogen and oxygen atoms in total. The number of carboxylic acid groups (broad SMARTS) is 1. The molecule has 3 rings (SSSR count). The van der Waals surface area contributed by atoms with E-state index < -0.39 is 5.97 Å². The number of nitrogen functional groups attached to an aromatic ring is 1. The number of amidine groups is 1. The van der Waals surface area contributed by atoms with Crippen molar-refractivity contribution >= 4 is 45.8 Å². The molecule has 0 bridgehead atoms. The quantitative estimate of drug-likeness (QED) is 0.491. The molecule has 0 radical (unpaired) electrons. The Morgan fingerprint density at radius 1 is 1.32 bits per heavy atom. The Labute approximate surface area is 139 Å². The van der Waals surface area contributed by atoms with Gasteiger partial charge in [-0.1, -0.05) is 6.07 Å². The van der Waals surface area contributed by atoms with Gasteiger partial charge in [0.05, 0.1) is 4.88 Å². The highest BCUT2D eigenvalue weighted by Gasteiger charge is 2.19. The summed E-state index contributed by atoms with van der Waals surface area (Å²) in [6.07, 6.45) is 1.78. The minimum absolute atomic E-state index is 0.105. The number of carbonyl (C=O) groups is 1. The van der Waals surface area contributed by atoms with Gasteiger partial charge in [0, 0.05) is 39.9 Å². The summed E-state index contributed by atoms with van der Waals surface area (Å²) in [5, 5.41) is 22.1. The highest BCUT2D eigenvalue weighted by atomic mass is 32.1. The molecule has 8 heteroatoms. The first-order chi connectivity index (χ1) is 10.5. The third kappa shape index (κ3) is 3.79. The van der Waals surface area contributed by atoms with Gasteiger partial charge in [0.15, 0.2) is 0 Å². The van der Waals surface area contributed by atoms with E-state index in [2.05, 4.69) is 16.4 Å². The maximum Gasteiger partial charge on any atom is 0.300 e. The average molecular weight is 351 g/mol. The van der Waals surface area contributed by atoms with E-state index in [-0.39, 0.29) is 5.84 Å². The maximum atomic E-state index is 9.00. The second kappa shape index (κ2) is 7.30. The first-order valence-electron chi connectivity index (χ1n) is 6.10. The SMILES string of the molecule is CC(=O)O.N=C(N)c1scc(-c2cccs2)c1-c1nccs1. The first kappa shape index (κ1) is 16.3. The molecule has 0 spiro atoms. The van der Waals surface area contributed by atoms with E-state index in [9.17, 15) is 0 Å². The normalized spacial score (nSPS) is 9.86. The fourth-order valence-electron chi connectivity index (χ4n) is 1.73. The van der Waals surface area contributed by atoms with Crippen molar-refractivity contribution < 1.29 is 9.90 Å². The van der Waals surface area contributed by atoms with E-state index in [4.69, 9.17) is 21.0 Å². The molecule has 0 aliphatic rings. The third-order valence-corrected chi connectivity index (χ3v) is 5.18. The molecular weight excluding hydrogens is 338 g/mol. The molecular formula is C14H13N3O2S3. The molecule has 0 aliphatic heterocycles. The third-order valence-electron chi connectivity index (χ3n) is 2.47. The summed E-state index contributed by atoms with van der Waals surface area (Å²) in [5.41, 5.74) is 7.77. The molecule has 114 valence electrons. The maximum absolute atomic E-state index is 9.00. The van der Waals surface area contributed by atoms with Crippen molar-refractivity contribution in [2.24, 2.45) is 5.73 Å². The van der Waals surface area contributed by atoms with Gasteiger partial charge in [-0.15, -0.1) is 34.0 Å². The molecule has 0 aliphatic carbocycles. The van der Waals surface area contributed by atoms with Crippen molar-refractivity contribution in [3.63, 3.8) is 0 Å². The first-order valence-corrected chi connectivity index (χ1v) is 8.73. The zero-order valence-corrected chi connectivity index (χ0v) is 14.0. The molecule has 3 aromatic rings. The van der Waals surface area contributed by atoms with Crippen LogP contribution in [-0.4, -0.2) is 21.9 Å². The highest BCUT2D eigenvalue weighted by molar-refractivity contribution is 7.17. The zero-order chi connectivity index (χ0) is 16.1.